The maximum Gasteiger partial charge on any atom is 0.198 e. The van der Waals surface area contributed by atoms with Crippen molar-refractivity contribution >= 4 is 0 Å². The lowest BCUT2D eigenvalue weighted by Crippen LogP contribution is -2.66. The van der Waals surface area contributed by atoms with Crippen molar-refractivity contribution in [1.82, 2.24) is 0 Å². The van der Waals surface area contributed by atoms with Crippen molar-refractivity contribution in [2.24, 2.45) is 52.3 Å². The van der Waals surface area contributed by atoms with E-state index in [2.05, 4.69) is 27.7 Å². The van der Waals surface area contributed by atoms with Crippen LogP contribution in [0.3, 0.4) is 0 Å². The highest BCUT2D eigenvalue weighted by atomic mass is 16.8. The van der Waals surface area contributed by atoms with Crippen LogP contribution in [0.1, 0.15) is 92.4 Å². The Kier molecular flexibility index (Phi) is 15.0. The fourth-order valence-corrected chi connectivity index (χ4v) is 15.7. The molecule has 0 aromatic carbocycles. The minimum absolute atomic E-state index is 0.0125. The Balaban J connectivity index is 0.820. The first-order chi connectivity index (χ1) is 33.2. The summed E-state index contributed by atoms with van der Waals surface area (Å²) in [6.07, 6.45) is -18.9. The van der Waals surface area contributed by atoms with E-state index in [1.54, 1.807) is 0 Å². The standard InChI is InChI=1S/C49H80O21/c1-19-12-31(67-43-37(57)34(54)27(51)17-61-43)49(63-16-19)20(2)32-29(70-49)14-26-24-7-6-22-13-23(8-10-47(22,4)25(24)9-11-48(26,32)5)65-46-42(69-44-38(58)35(55)28(52)18-62-44)40(60)41(30(15-50)66-46)68-45-39(59)36(56)33(53)21(3)64-45/h19-46,50-60H,6-18H2,1-5H3/t19-,20-,21-,22+,23-,24+,25-,26-,27+,28+,29-,30+,31-,32-,33-,34-,35-,36+,37+,38+,39+,40-,41+,42+,43-,44-,45-,46+,47-,48-,49-/m0/s1. The third-order valence-electron chi connectivity index (χ3n) is 19.6. The summed E-state index contributed by atoms with van der Waals surface area (Å²) in [4.78, 5) is 0. The van der Waals surface area contributed by atoms with Gasteiger partial charge in [0.05, 0.1) is 44.7 Å². The zero-order chi connectivity index (χ0) is 49.9. The van der Waals surface area contributed by atoms with Crippen LogP contribution in [0.15, 0.2) is 0 Å². The van der Waals surface area contributed by atoms with Crippen molar-refractivity contribution in [3.8, 4) is 0 Å². The molecule has 10 aliphatic rings. The van der Waals surface area contributed by atoms with E-state index in [0.717, 1.165) is 38.5 Å². The minimum atomic E-state index is -1.73. The van der Waals surface area contributed by atoms with Crippen LogP contribution in [0, 0.1) is 52.3 Å². The van der Waals surface area contributed by atoms with Gasteiger partial charge < -0.3 is 104 Å². The van der Waals surface area contributed by atoms with Gasteiger partial charge in [-0.15, -0.1) is 0 Å². The molecule has 0 unspecified atom stereocenters. The third-order valence-corrected chi connectivity index (χ3v) is 19.6. The van der Waals surface area contributed by atoms with Crippen LogP contribution in [0.4, 0.5) is 0 Å². The fraction of sp³-hybridized carbons (Fsp3) is 1.00. The monoisotopic (exact) mass is 1000 g/mol. The number of aliphatic hydroxyl groups excluding tert-OH is 11. The molecule has 4 aliphatic carbocycles. The van der Waals surface area contributed by atoms with Crippen LogP contribution < -0.4 is 0 Å². The van der Waals surface area contributed by atoms with Crippen molar-refractivity contribution in [2.45, 2.75) is 227 Å². The van der Waals surface area contributed by atoms with E-state index in [0.29, 0.717) is 49.5 Å². The fourth-order valence-electron chi connectivity index (χ4n) is 15.7. The molecule has 10 rings (SSSR count). The number of ether oxygens (including phenoxy) is 10. The molecule has 6 heterocycles. The van der Waals surface area contributed by atoms with Gasteiger partial charge in [-0.25, -0.2) is 0 Å². The van der Waals surface area contributed by atoms with Gasteiger partial charge in [-0.05, 0) is 111 Å². The lowest BCUT2D eigenvalue weighted by molar-refractivity contribution is -0.385. The molecule has 70 heavy (non-hydrogen) atoms. The van der Waals surface area contributed by atoms with Gasteiger partial charge in [0.15, 0.2) is 30.9 Å². The van der Waals surface area contributed by atoms with Crippen LogP contribution in [-0.4, -0.2) is 217 Å². The summed E-state index contributed by atoms with van der Waals surface area (Å²) >= 11 is 0. The van der Waals surface area contributed by atoms with E-state index in [4.69, 9.17) is 47.4 Å². The summed E-state index contributed by atoms with van der Waals surface area (Å²) < 4.78 is 62.5. The van der Waals surface area contributed by atoms with Gasteiger partial charge >= 0.3 is 0 Å². The first kappa shape index (κ1) is 52.6. The molecule has 31 atom stereocenters. The predicted octanol–water partition coefficient (Wildman–Crippen LogP) is -1.63. The van der Waals surface area contributed by atoms with E-state index >= 15 is 0 Å². The summed E-state index contributed by atoms with van der Waals surface area (Å²) in [7, 11) is 0. The zero-order valence-electron chi connectivity index (χ0n) is 40.9. The number of aliphatic hydroxyl groups is 11. The highest BCUT2D eigenvalue weighted by Gasteiger charge is 2.71. The molecule has 402 valence electrons. The second-order valence-corrected chi connectivity index (χ2v) is 23.5. The molecule has 6 saturated heterocycles. The molecule has 21 nitrogen and oxygen atoms in total. The maximum atomic E-state index is 12.0. The van der Waals surface area contributed by atoms with Crippen molar-refractivity contribution in [3.05, 3.63) is 0 Å². The summed E-state index contributed by atoms with van der Waals surface area (Å²) in [5, 5.41) is 117. The summed E-state index contributed by atoms with van der Waals surface area (Å²) in [5.74, 6) is 1.00. The quantitative estimate of drug-likeness (QED) is 0.116. The minimum Gasteiger partial charge on any atom is -0.394 e. The van der Waals surface area contributed by atoms with Gasteiger partial charge in [-0.1, -0.05) is 27.7 Å². The van der Waals surface area contributed by atoms with Gasteiger partial charge in [0.25, 0.3) is 0 Å². The van der Waals surface area contributed by atoms with Crippen molar-refractivity contribution in [3.63, 3.8) is 0 Å². The average molecular weight is 1010 g/mol. The van der Waals surface area contributed by atoms with E-state index in [-0.39, 0.29) is 54.0 Å². The predicted molar refractivity (Wildman–Crippen MR) is 236 cm³/mol. The van der Waals surface area contributed by atoms with Crippen molar-refractivity contribution < 1.29 is 104 Å². The summed E-state index contributed by atoms with van der Waals surface area (Å²) in [6.45, 7) is 10.0. The van der Waals surface area contributed by atoms with Gasteiger partial charge in [0, 0.05) is 5.92 Å². The first-order valence-electron chi connectivity index (χ1n) is 26.1. The number of hydrogen-bond acceptors (Lipinski definition) is 21. The highest BCUT2D eigenvalue weighted by molar-refractivity contribution is 5.17. The van der Waals surface area contributed by atoms with Gasteiger partial charge in [-0.3, -0.25) is 0 Å². The second kappa shape index (κ2) is 19.9. The van der Waals surface area contributed by atoms with Crippen molar-refractivity contribution in [2.75, 3.05) is 26.4 Å². The Labute approximate surface area is 408 Å². The molecule has 6 aliphatic heterocycles. The third kappa shape index (κ3) is 8.76. The van der Waals surface area contributed by atoms with Crippen LogP contribution in [0.25, 0.3) is 0 Å². The van der Waals surface area contributed by atoms with Crippen molar-refractivity contribution in [1.29, 1.82) is 0 Å². The Morgan fingerprint density at radius 3 is 1.89 bits per heavy atom. The Hall–Kier alpha value is -0.840. The van der Waals surface area contributed by atoms with Crippen LogP contribution >= 0.6 is 0 Å². The van der Waals surface area contributed by atoms with Gasteiger partial charge in [-0.2, -0.15) is 0 Å². The molecule has 4 saturated carbocycles. The molecule has 21 heteroatoms. The Morgan fingerprint density at radius 2 is 1.20 bits per heavy atom. The highest BCUT2D eigenvalue weighted by Crippen LogP contribution is 2.71. The smallest absolute Gasteiger partial charge is 0.198 e. The molecular formula is C49H80O21. The summed E-state index contributed by atoms with van der Waals surface area (Å²) in [5.41, 5.74) is -0.00177. The number of fused-ring (bicyclic) bond motifs is 7. The normalized spacial score (nSPS) is 59.1. The topological polar surface area (TPSA) is 315 Å². The zero-order valence-corrected chi connectivity index (χ0v) is 40.9. The molecule has 0 radical (unpaired) electrons. The molecule has 11 N–H and O–H groups in total. The van der Waals surface area contributed by atoms with Crippen LogP contribution in [0.2, 0.25) is 0 Å². The second-order valence-electron chi connectivity index (χ2n) is 23.5. The van der Waals surface area contributed by atoms with Gasteiger partial charge in [0.2, 0.25) is 0 Å². The largest absolute Gasteiger partial charge is 0.394 e. The van der Waals surface area contributed by atoms with Crippen LogP contribution in [0.5, 0.6) is 0 Å². The van der Waals surface area contributed by atoms with E-state index < -0.39 is 129 Å². The lowest BCUT2D eigenvalue weighted by Gasteiger charge is -2.61. The Morgan fingerprint density at radius 1 is 0.557 bits per heavy atom. The molecule has 1 spiro atoms. The molecule has 0 aromatic heterocycles. The average Bonchev–Trinajstić information content (AvgIpc) is 3.79. The van der Waals surface area contributed by atoms with Crippen LogP contribution in [-0.2, 0) is 47.4 Å². The number of hydrogen-bond donors (Lipinski definition) is 11. The van der Waals surface area contributed by atoms with E-state index in [1.165, 1.54) is 6.92 Å². The molecule has 10 fully saturated rings. The van der Waals surface area contributed by atoms with E-state index in [9.17, 15) is 56.2 Å². The molecule has 0 bridgehead atoms. The maximum absolute atomic E-state index is 12.0. The molecular weight excluding hydrogens is 925 g/mol. The summed E-state index contributed by atoms with van der Waals surface area (Å²) in [6, 6.07) is 0. The Bertz CT molecular complexity index is 1800. The van der Waals surface area contributed by atoms with Gasteiger partial charge in [0.1, 0.15) is 85.5 Å². The van der Waals surface area contributed by atoms with E-state index in [1.807, 2.05) is 0 Å². The number of rotatable bonds is 9. The lowest BCUT2D eigenvalue weighted by atomic mass is 9.44. The molecule has 0 amide bonds. The SMILES string of the molecule is C[C@@H]1CO[C@@]2(O[C@H]3C[C@H]4[C@@H]5CC[C@@H]6C[C@@H](O[C@@H]7O[C@H](CO)[C@@H](O[C@@H]8O[C@@H](C)[C@H](O)[C@@H](O)[C@H]8O)[C@H](O)[C@H]7O[C@@H]7OC[C@@H](O)[C@H](O)[C@H]7O)CC[C@]6(C)[C@H]5CC[C@]4(C)[C@H]3[C@@H]2C)[C@@H](O[C@@H]2OC[C@@H](O)[C@H](O)[C@H]2O)C1. The molecule has 0 aromatic rings. The first-order valence-corrected chi connectivity index (χ1v) is 26.1.